The zero-order valence-electron chi connectivity index (χ0n) is 12.8. The van der Waals surface area contributed by atoms with Crippen LogP contribution in [0, 0.1) is 5.92 Å². The largest absolute Gasteiger partial charge is 0.353 e. The number of anilines is 1. The predicted molar refractivity (Wildman–Crippen MR) is 80.7 cm³/mol. The lowest BCUT2D eigenvalue weighted by Crippen LogP contribution is -2.46. The summed E-state index contributed by atoms with van der Waals surface area (Å²) < 4.78 is 2.18. The maximum atomic E-state index is 4.53. The maximum Gasteiger partial charge on any atom is 0.146 e. The Morgan fingerprint density at radius 1 is 1.11 bits per heavy atom. The molecular formula is C15H28N4. The summed E-state index contributed by atoms with van der Waals surface area (Å²) in [7, 11) is 0. The van der Waals surface area contributed by atoms with Crippen LogP contribution in [-0.4, -0.2) is 47.2 Å². The summed E-state index contributed by atoms with van der Waals surface area (Å²) in [4.78, 5) is 9.52. The van der Waals surface area contributed by atoms with Crippen molar-refractivity contribution < 1.29 is 0 Å². The van der Waals surface area contributed by atoms with Crippen LogP contribution in [0.3, 0.4) is 0 Å². The summed E-state index contributed by atoms with van der Waals surface area (Å²) in [5.41, 5.74) is 0. The predicted octanol–water partition coefficient (Wildman–Crippen LogP) is 2.63. The van der Waals surface area contributed by atoms with Gasteiger partial charge in [0, 0.05) is 38.4 Å². The third-order valence-corrected chi connectivity index (χ3v) is 3.90. The van der Waals surface area contributed by atoms with Crippen LogP contribution < -0.4 is 4.90 Å². The van der Waals surface area contributed by atoms with Crippen LogP contribution >= 0.6 is 0 Å². The third kappa shape index (κ3) is 3.96. The van der Waals surface area contributed by atoms with Crippen LogP contribution in [0.5, 0.6) is 0 Å². The Labute approximate surface area is 117 Å². The van der Waals surface area contributed by atoms with Crippen LogP contribution in [0.25, 0.3) is 0 Å². The van der Waals surface area contributed by atoms with Crippen molar-refractivity contribution in [2.45, 2.75) is 40.2 Å². The molecule has 0 aliphatic carbocycles. The second-order valence-corrected chi connectivity index (χ2v) is 6.28. The second kappa shape index (κ2) is 6.42. The minimum Gasteiger partial charge on any atom is -0.353 e. The zero-order valence-corrected chi connectivity index (χ0v) is 12.8. The van der Waals surface area contributed by atoms with Gasteiger partial charge >= 0.3 is 0 Å². The lowest BCUT2D eigenvalue weighted by molar-refractivity contribution is 0.243. The van der Waals surface area contributed by atoms with Gasteiger partial charge in [0.2, 0.25) is 0 Å². The van der Waals surface area contributed by atoms with Gasteiger partial charge in [-0.25, -0.2) is 4.98 Å². The van der Waals surface area contributed by atoms with Crippen molar-refractivity contribution in [3.8, 4) is 0 Å². The molecular weight excluding hydrogens is 236 g/mol. The number of hydrogen-bond donors (Lipinski definition) is 0. The Balaban J connectivity index is 1.82. The van der Waals surface area contributed by atoms with Gasteiger partial charge in [-0.1, -0.05) is 13.8 Å². The first kappa shape index (κ1) is 14.4. The number of aromatic nitrogens is 2. The molecule has 1 fully saturated rings. The molecule has 0 bridgehead atoms. The molecule has 0 radical (unpaired) electrons. The standard InChI is InChI=1S/C15H28N4/c1-13(2)5-6-17-7-9-18(10-8-17)15-11-19(12-16-15)14(3)4/h11-14H,5-10H2,1-4H3. The van der Waals surface area contributed by atoms with Crippen molar-refractivity contribution in [3.63, 3.8) is 0 Å². The Hall–Kier alpha value is -1.03. The van der Waals surface area contributed by atoms with Gasteiger partial charge < -0.3 is 9.47 Å². The quantitative estimate of drug-likeness (QED) is 0.817. The van der Waals surface area contributed by atoms with E-state index in [9.17, 15) is 0 Å². The van der Waals surface area contributed by atoms with Crippen molar-refractivity contribution in [2.75, 3.05) is 37.6 Å². The number of hydrogen-bond acceptors (Lipinski definition) is 3. The van der Waals surface area contributed by atoms with Crippen molar-refractivity contribution in [2.24, 2.45) is 5.92 Å². The molecule has 1 aromatic heterocycles. The normalized spacial score (nSPS) is 17.7. The second-order valence-electron chi connectivity index (χ2n) is 6.28. The molecule has 0 saturated carbocycles. The highest BCUT2D eigenvalue weighted by Gasteiger charge is 2.18. The summed E-state index contributed by atoms with van der Waals surface area (Å²) in [6.07, 6.45) is 5.43. The van der Waals surface area contributed by atoms with E-state index in [1.165, 1.54) is 26.1 Å². The van der Waals surface area contributed by atoms with Crippen LogP contribution in [0.4, 0.5) is 5.82 Å². The molecule has 1 saturated heterocycles. The van der Waals surface area contributed by atoms with Gasteiger partial charge in [0.15, 0.2) is 0 Å². The molecule has 0 atom stereocenters. The Morgan fingerprint density at radius 3 is 2.32 bits per heavy atom. The van der Waals surface area contributed by atoms with E-state index >= 15 is 0 Å². The van der Waals surface area contributed by atoms with E-state index in [4.69, 9.17) is 0 Å². The van der Waals surface area contributed by atoms with Crippen LogP contribution in [0.1, 0.15) is 40.2 Å². The van der Waals surface area contributed by atoms with Crippen LogP contribution in [0.2, 0.25) is 0 Å². The number of piperazine rings is 1. The molecule has 0 N–H and O–H groups in total. The number of imidazole rings is 1. The van der Waals surface area contributed by atoms with Crippen molar-refractivity contribution in [3.05, 3.63) is 12.5 Å². The molecule has 1 aliphatic rings. The smallest absolute Gasteiger partial charge is 0.146 e. The molecule has 4 nitrogen and oxygen atoms in total. The van der Waals surface area contributed by atoms with E-state index in [0.717, 1.165) is 24.8 Å². The van der Waals surface area contributed by atoms with Gasteiger partial charge in [0.05, 0.1) is 6.33 Å². The van der Waals surface area contributed by atoms with E-state index in [-0.39, 0.29) is 0 Å². The Morgan fingerprint density at radius 2 is 1.79 bits per heavy atom. The summed E-state index contributed by atoms with van der Waals surface area (Å²) >= 11 is 0. The summed E-state index contributed by atoms with van der Waals surface area (Å²) in [5.74, 6) is 1.94. The van der Waals surface area contributed by atoms with Crippen LogP contribution in [0.15, 0.2) is 12.5 Å². The molecule has 0 spiro atoms. The van der Waals surface area contributed by atoms with E-state index in [0.29, 0.717) is 6.04 Å². The van der Waals surface area contributed by atoms with Crippen molar-refractivity contribution in [1.29, 1.82) is 0 Å². The summed E-state index contributed by atoms with van der Waals surface area (Å²) in [6, 6.07) is 0.494. The molecule has 2 heterocycles. The van der Waals surface area contributed by atoms with Gasteiger partial charge in [-0.3, -0.25) is 4.90 Å². The van der Waals surface area contributed by atoms with Crippen molar-refractivity contribution in [1.82, 2.24) is 14.5 Å². The molecule has 0 aromatic carbocycles. The highest BCUT2D eigenvalue weighted by molar-refractivity contribution is 5.36. The van der Waals surface area contributed by atoms with Gasteiger partial charge in [0.25, 0.3) is 0 Å². The minimum absolute atomic E-state index is 0.494. The number of nitrogens with zero attached hydrogens (tertiary/aromatic N) is 4. The topological polar surface area (TPSA) is 24.3 Å². The average molecular weight is 264 g/mol. The molecule has 0 amide bonds. The van der Waals surface area contributed by atoms with E-state index in [1.807, 2.05) is 6.33 Å². The molecule has 1 aliphatic heterocycles. The monoisotopic (exact) mass is 264 g/mol. The zero-order chi connectivity index (χ0) is 13.8. The van der Waals surface area contributed by atoms with E-state index < -0.39 is 0 Å². The lowest BCUT2D eigenvalue weighted by Gasteiger charge is -2.35. The molecule has 108 valence electrons. The van der Waals surface area contributed by atoms with E-state index in [1.54, 1.807) is 0 Å². The fourth-order valence-electron chi connectivity index (χ4n) is 2.41. The first-order valence-corrected chi connectivity index (χ1v) is 7.57. The summed E-state index contributed by atoms with van der Waals surface area (Å²) in [6.45, 7) is 14.8. The molecule has 19 heavy (non-hydrogen) atoms. The van der Waals surface area contributed by atoms with Gasteiger partial charge in [0.1, 0.15) is 5.82 Å². The van der Waals surface area contributed by atoms with Gasteiger partial charge in [-0.2, -0.15) is 0 Å². The lowest BCUT2D eigenvalue weighted by atomic mass is 10.1. The highest BCUT2D eigenvalue weighted by Crippen LogP contribution is 2.16. The highest BCUT2D eigenvalue weighted by atomic mass is 15.3. The van der Waals surface area contributed by atoms with Gasteiger partial charge in [-0.15, -0.1) is 0 Å². The first-order valence-electron chi connectivity index (χ1n) is 7.57. The average Bonchev–Trinajstić information content (AvgIpc) is 2.86. The summed E-state index contributed by atoms with van der Waals surface area (Å²) in [5, 5.41) is 0. The van der Waals surface area contributed by atoms with Gasteiger partial charge in [-0.05, 0) is 32.7 Å². The third-order valence-electron chi connectivity index (χ3n) is 3.90. The minimum atomic E-state index is 0.494. The first-order chi connectivity index (χ1) is 9.06. The fraction of sp³-hybridized carbons (Fsp3) is 0.800. The van der Waals surface area contributed by atoms with Crippen molar-refractivity contribution >= 4 is 5.82 Å². The molecule has 2 rings (SSSR count). The fourth-order valence-corrected chi connectivity index (χ4v) is 2.41. The SMILES string of the molecule is CC(C)CCN1CCN(c2cn(C(C)C)cn2)CC1. The molecule has 1 aromatic rings. The molecule has 0 unspecified atom stereocenters. The number of rotatable bonds is 5. The maximum absolute atomic E-state index is 4.53. The van der Waals surface area contributed by atoms with Crippen LogP contribution in [-0.2, 0) is 0 Å². The Bertz CT molecular complexity index is 375. The van der Waals surface area contributed by atoms with E-state index in [2.05, 4.69) is 53.2 Å². The molecule has 4 heteroatoms. The Kier molecular flexibility index (Phi) is 4.86.